The molecule has 0 radical (unpaired) electrons. The van der Waals surface area contributed by atoms with E-state index < -0.39 is 0 Å². The van der Waals surface area contributed by atoms with Crippen LogP contribution in [0.2, 0.25) is 0 Å². The second kappa shape index (κ2) is 6.70. The lowest BCUT2D eigenvalue weighted by atomic mass is 9.97. The van der Waals surface area contributed by atoms with Gasteiger partial charge in [-0.2, -0.15) is 5.10 Å². The summed E-state index contributed by atoms with van der Waals surface area (Å²) >= 11 is 0. The SMILES string of the molecule is C[C@H](CC(=O)N1CC(C(=O)N2CCN(C)CC2)C1)n1cccn1. The lowest BCUT2D eigenvalue weighted by Gasteiger charge is -2.42. The highest BCUT2D eigenvalue weighted by molar-refractivity contribution is 5.84. The molecule has 1 aromatic heterocycles. The van der Waals surface area contributed by atoms with Crippen LogP contribution in [0.15, 0.2) is 18.5 Å². The van der Waals surface area contributed by atoms with Crippen molar-refractivity contribution in [1.82, 2.24) is 24.5 Å². The molecule has 0 unspecified atom stereocenters. The summed E-state index contributed by atoms with van der Waals surface area (Å²) in [7, 11) is 2.08. The maximum Gasteiger partial charge on any atom is 0.229 e. The Balaban J connectivity index is 1.43. The standard InChI is InChI=1S/C16H25N5O2/c1-13(21-5-3-4-17-21)10-15(22)20-11-14(12-20)16(23)19-8-6-18(2)7-9-19/h3-5,13-14H,6-12H2,1-2H3/t13-/m1/s1. The van der Waals surface area contributed by atoms with Crippen LogP contribution in [0, 0.1) is 5.92 Å². The molecule has 2 aliphatic heterocycles. The first-order chi connectivity index (χ1) is 11.0. The van der Waals surface area contributed by atoms with Crippen LogP contribution in [-0.2, 0) is 9.59 Å². The molecular weight excluding hydrogens is 294 g/mol. The molecule has 23 heavy (non-hydrogen) atoms. The molecule has 0 aromatic carbocycles. The normalized spacial score (nSPS) is 21.1. The molecule has 2 aliphatic rings. The summed E-state index contributed by atoms with van der Waals surface area (Å²) in [6.45, 7) is 6.58. The van der Waals surface area contributed by atoms with Crippen molar-refractivity contribution in [2.45, 2.75) is 19.4 Å². The zero-order chi connectivity index (χ0) is 16.4. The van der Waals surface area contributed by atoms with Crippen LogP contribution in [0.5, 0.6) is 0 Å². The van der Waals surface area contributed by atoms with Crippen LogP contribution < -0.4 is 0 Å². The number of hydrogen-bond acceptors (Lipinski definition) is 4. The Bertz CT molecular complexity index is 545. The molecule has 0 bridgehead atoms. The second-order valence-electron chi connectivity index (χ2n) is 6.66. The highest BCUT2D eigenvalue weighted by Crippen LogP contribution is 2.22. The lowest BCUT2D eigenvalue weighted by molar-refractivity contribution is -0.149. The van der Waals surface area contributed by atoms with Gasteiger partial charge >= 0.3 is 0 Å². The average Bonchev–Trinajstić information content (AvgIpc) is 3.00. The third-order valence-electron chi connectivity index (χ3n) is 4.84. The first-order valence-corrected chi connectivity index (χ1v) is 8.29. The van der Waals surface area contributed by atoms with E-state index in [1.54, 1.807) is 15.8 Å². The van der Waals surface area contributed by atoms with Crippen molar-refractivity contribution in [2.24, 2.45) is 5.92 Å². The third-order valence-corrected chi connectivity index (χ3v) is 4.84. The molecule has 1 aromatic rings. The monoisotopic (exact) mass is 319 g/mol. The molecule has 7 nitrogen and oxygen atoms in total. The zero-order valence-corrected chi connectivity index (χ0v) is 13.9. The molecule has 2 amide bonds. The van der Waals surface area contributed by atoms with E-state index in [4.69, 9.17) is 0 Å². The van der Waals surface area contributed by atoms with Crippen molar-refractivity contribution in [3.05, 3.63) is 18.5 Å². The summed E-state index contributed by atoms with van der Waals surface area (Å²) in [6, 6.07) is 1.90. The van der Waals surface area contributed by atoms with Crippen LogP contribution >= 0.6 is 0 Å². The Kier molecular flexibility index (Phi) is 4.66. The number of likely N-dealkylation sites (N-methyl/N-ethyl adjacent to an activating group) is 1. The summed E-state index contributed by atoms with van der Waals surface area (Å²) in [6.07, 6.45) is 4.01. The molecule has 3 rings (SSSR count). The average molecular weight is 319 g/mol. The van der Waals surface area contributed by atoms with Gasteiger partial charge in [0.1, 0.15) is 0 Å². The first-order valence-electron chi connectivity index (χ1n) is 8.29. The number of likely N-dealkylation sites (tertiary alicyclic amines) is 1. The van der Waals surface area contributed by atoms with Crippen molar-refractivity contribution in [1.29, 1.82) is 0 Å². The molecule has 0 N–H and O–H groups in total. The first kappa shape index (κ1) is 16.0. The number of piperazine rings is 1. The predicted octanol–water partition coefficient (Wildman–Crippen LogP) is 0.0666. The summed E-state index contributed by atoms with van der Waals surface area (Å²) in [5.74, 6) is 0.306. The van der Waals surface area contributed by atoms with Gasteiger partial charge in [-0.05, 0) is 20.0 Å². The van der Waals surface area contributed by atoms with E-state index >= 15 is 0 Å². The van der Waals surface area contributed by atoms with Gasteiger partial charge in [0.15, 0.2) is 0 Å². The number of hydrogen-bond donors (Lipinski definition) is 0. The number of rotatable bonds is 4. The summed E-state index contributed by atoms with van der Waals surface area (Å²) in [4.78, 5) is 30.7. The zero-order valence-electron chi connectivity index (χ0n) is 13.9. The molecule has 1 atom stereocenters. The molecule has 2 fully saturated rings. The van der Waals surface area contributed by atoms with E-state index in [9.17, 15) is 9.59 Å². The quantitative estimate of drug-likeness (QED) is 0.788. The highest BCUT2D eigenvalue weighted by atomic mass is 16.2. The van der Waals surface area contributed by atoms with Crippen LogP contribution in [0.1, 0.15) is 19.4 Å². The number of amides is 2. The van der Waals surface area contributed by atoms with Crippen molar-refractivity contribution >= 4 is 11.8 Å². The van der Waals surface area contributed by atoms with E-state index in [1.807, 2.05) is 24.1 Å². The third kappa shape index (κ3) is 3.55. The van der Waals surface area contributed by atoms with E-state index in [1.165, 1.54) is 0 Å². The van der Waals surface area contributed by atoms with Gasteiger partial charge < -0.3 is 14.7 Å². The second-order valence-corrected chi connectivity index (χ2v) is 6.66. The number of carbonyl (C=O) groups is 2. The van der Waals surface area contributed by atoms with Gasteiger partial charge in [-0.25, -0.2) is 0 Å². The molecule has 7 heteroatoms. The van der Waals surface area contributed by atoms with E-state index in [0.29, 0.717) is 19.5 Å². The molecule has 0 spiro atoms. The number of nitrogens with zero attached hydrogens (tertiary/aromatic N) is 5. The van der Waals surface area contributed by atoms with Gasteiger partial charge in [0, 0.05) is 58.1 Å². The van der Waals surface area contributed by atoms with Crippen LogP contribution in [-0.4, -0.2) is 82.6 Å². The minimum absolute atomic E-state index is 0.0117. The van der Waals surface area contributed by atoms with Gasteiger partial charge in [-0.1, -0.05) is 0 Å². The molecule has 126 valence electrons. The van der Waals surface area contributed by atoms with Gasteiger partial charge in [-0.15, -0.1) is 0 Å². The van der Waals surface area contributed by atoms with E-state index in [-0.39, 0.29) is 23.8 Å². The summed E-state index contributed by atoms with van der Waals surface area (Å²) in [5, 5.41) is 4.16. The van der Waals surface area contributed by atoms with E-state index in [0.717, 1.165) is 26.2 Å². The lowest BCUT2D eigenvalue weighted by Crippen LogP contribution is -2.58. The minimum Gasteiger partial charge on any atom is -0.341 e. The van der Waals surface area contributed by atoms with Gasteiger partial charge in [0.2, 0.25) is 11.8 Å². The largest absolute Gasteiger partial charge is 0.341 e. The fourth-order valence-corrected chi connectivity index (χ4v) is 3.14. The van der Waals surface area contributed by atoms with Crippen LogP contribution in [0.4, 0.5) is 0 Å². The van der Waals surface area contributed by atoms with Gasteiger partial charge in [0.25, 0.3) is 0 Å². The van der Waals surface area contributed by atoms with Crippen molar-refractivity contribution in [3.63, 3.8) is 0 Å². The van der Waals surface area contributed by atoms with Crippen molar-refractivity contribution in [3.8, 4) is 0 Å². The van der Waals surface area contributed by atoms with Gasteiger partial charge in [-0.3, -0.25) is 14.3 Å². The minimum atomic E-state index is -0.0117. The Morgan fingerprint density at radius 1 is 1.17 bits per heavy atom. The maximum absolute atomic E-state index is 12.4. The number of aromatic nitrogens is 2. The Hall–Kier alpha value is -1.89. The topological polar surface area (TPSA) is 61.7 Å². The number of carbonyl (C=O) groups excluding carboxylic acids is 2. The summed E-state index contributed by atoms with van der Waals surface area (Å²) in [5.41, 5.74) is 0. The smallest absolute Gasteiger partial charge is 0.229 e. The fraction of sp³-hybridized carbons (Fsp3) is 0.688. The Morgan fingerprint density at radius 3 is 2.48 bits per heavy atom. The molecular formula is C16H25N5O2. The van der Waals surface area contributed by atoms with Crippen LogP contribution in [0.25, 0.3) is 0 Å². The van der Waals surface area contributed by atoms with E-state index in [2.05, 4.69) is 17.0 Å². The maximum atomic E-state index is 12.4. The van der Waals surface area contributed by atoms with Crippen molar-refractivity contribution in [2.75, 3.05) is 46.3 Å². The molecule has 3 heterocycles. The predicted molar refractivity (Wildman–Crippen MR) is 85.7 cm³/mol. The molecule has 0 saturated carbocycles. The Morgan fingerprint density at radius 2 is 1.87 bits per heavy atom. The molecule has 0 aliphatic carbocycles. The Labute approximate surface area is 136 Å². The van der Waals surface area contributed by atoms with Gasteiger partial charge in [0.05, 0.1) is 12.0 Å². The van der Waals surface area contributed by atoms with Crippen molar-refractivity contribution < 1.29 is 9.59 Å². The fourth-order valence-electron chi connectivity index (χ4n) is 3.14. The highest BCUT2D eigenvalue weighted by Gasteiger charge is 2.38. The summed E-state index contributed by atoms with van der Waals surface area (Å²) < 4.78 is 1.80. The molecule has 2 saturated heterocycles. The van der Waals surface area contributed by atoms with Crippen LogP contribution in [0.3, 0.4) is 0 Å².